The van der Waals surface area contributed by atoms with Gasteiger partial charge in [-0.2, -0.15) is 0 Å². The van der Waals surface area contributed by atoms with Crippen molar-refractivity contribution in [3.8, 4) is 11.3 Å². The SMILES string of the molecule is CC(C)(C)OC(=O)N1CCN(c2ccncc2NC(=O)c2cccc(-c3cccc4cccnc34)n2)CC1. The second-order valence-corrected chi connectivity index (χ2v) is 10.1. The molecule has 0 radical (unpaired) electrons. The van der Waals surface area contributed by atoms with Crippen molar-refractivity contribution < 1.29 is 14.3 Å². The first kappa shape index (κ1) is 25.1. The molecule has 4 heterocycles. The molecule has 1 aliphatic heterocycles. The lowest BCUT2D eigenvalue weighted by molar-refractivity contribution is 0.0240. The maximum Gasteiger partial charge on any atom is 0.410 e. The van der Waals surface area contributed by atoms with Crippen molar-refractivity contribution in [3.63, 3.8) is 0 Å². The first-order valence-electron chi connectivity index (χ1n) is 12.6. The highest BCUT2D eigenvalue weighted by atomic mass is 16.6. The van der Waals surface area contributed by atoms with Crippen molar-refractivity contribution in [1.29, 1.82) is 0 Å². The molecule has 1 N–H and O–H groups in total. The Labute approximate surface area is 221 Å². The minimum absolute atomic E-state index is 0.292. The number of piperazine rings is 1. The Kier molecular flexibility index (Phi) is 6.91. The number of anilines is 2. The summed E-state index contributed by atoms with van der Waals surface area (Å²) in [5.74, 6) is -0.332. The van der Waals surface area contributed by atoms with Gasteiger partial charge in [0.05, 0.1) is 28.8 Å². The quantitative estimate of drug-likeness (QED) is 0.412. The minimum Gasteiger partial charge on any atom is -0.444 e. The topological polar surface area (TPSA) is 101 Å². The van der Waals surface area contributed by atoms with E-state index in [1.165, 1.54) is 0 Å². The number of benzene rings is 1. The van der Waals surface area contributed by atoms with E-state index in [4.69, 9.17) is 4.74 Å². The van der Waals surface area contributed by atoms with E-state index in [0.717, 1.165) is 22.2 Å². The normalized spacial score (nSPS) is 13.9. The van der Waals surface area contributed by atoms with Gasteiger partial charge in [0.15, 0.2) is 0 Å². The van der Waals surface area contributed by atoms with Crippen LogP contribution in [0.15, 0.2) is 73.2 Å². The van der Waals surface area contributed by atoms with Gasteiger partial charge < -0.3 is 19.9 Å². The van der Waals surface area contributed by atoms with Gasteiger partial charge in [0.25, 0.3) is 5.91 Å². The van der Waals surface area contributed by atoms with E-state index in [1.807, 2.05) is 69.3 Å². The van der Waals surface area contributed by atoms with Crippen LogP contribution in [-0.4, -0.2) is 63.6 Å². The molecule has 0 saturated carbocycles. The van der Waals surface area contributed by atoms with E-state index in [0.29, 0.717) is 43.3 Å². The van der Waals surface area contributed by atoms with Crippen LogP contribution in [-0.2, 0) is 4.74 Å². The van der Waals surface area contributed by atoms with Gasteiger partial charge in [0.2, 0.25) is 0 Å². The van der Waals surface area contributed by atoms with Gasteiger partial charge >= 0.3 is 6.09 Å². The zero-order valence-corrected chi connectivity index (χ0v) is 21.7. The third-order valence-electron chi connectivity index (χ3n) is 6.21. The molecule has 0 unspecified atom stereocenters. The van der Waals surface area contributed by atoms with Crippen LogP contribution in [0.5, 0.6) is 0 Å². The van der Waals surface area contributed by atoms with Crippen molar-refractivity contribution >= 4 is 34.3 Å². The lowest BCUT2D eigenvalue weighted by Gasteiger charge is -2.37. The van der Waals surface area contributed by atoms with Crippen LogP contribution in [0.4, 0.5) is 16.2 Å². The maximum atomic E-state index is 13.3. The fourth-order valence-corrected chi connectivity index (χ4v) is 4.42. The first-order valence-corrected chi connectivity index (χ1v) is 12.6. The van der Waals surface area contributed by atoms with E-state index < -0.39 is 5.60 Å². The Morgan fingerprint density at radius 3 is 2.47 bits per heavy atom. The van der Waals surface area contributed by atoms with Crippen molar-refractivity contribution in [2.24, 2.45) is 0 Å². The van der Waals surface area contributed by atoms with Gasteiger partial charge in [-0.05, 0) is 45.0 Å². The van der Waals surface area contributed by atoms with Gasteiger partial charge in [0, 0.05) is 49.5 Å². The molecule has 2 amide bonds. The van der Waals surface area contributed by atoms with Crippen molar-refractivity contribution in [2.45, 2.75) is 26.4 Å². The molecule has 0 atom stereocenters. The number of ether oxygens (including phenoxy) is 1. The molecule has 1 fully saturated rings. The van der Waals surface area contributed by atoms with Crippen LogP contribution < -0.4 is 10.2 Å². The average Bonchev–Trinajstić information content (AvgIpc) is 2.92. The molecule has 0 bridgehead atoms. The number of nitrogens with one attached hydrogen (secondary N) is 1. The maximum absolute atomic E-state index is 13.3. The van der Waals surface area contributed by atoms with Gasteiger partial charge in [-0.15, -0.1) is 0 Å². The molecule has 0 spiro atoms. The summed E-state index contributed by atoms with van der Waals surface area (Å²) >= 11 is 0. The van der Waals surface area contributed by atoms with Gasteiger partial charge in [-0.1, -0.05) is 30.3 Å². The molecule has 38 heavy (non-hydrogen) atoms. The number of aromatic nitrogens is 3. The Morgan fingerprint density at radius 1 is 0.921 bits per heavy atom. The zero-order valence-electron chi connectivity index (χ0n) is 21.7. The lowest BCUT2D eigenvalue weighted by atomic mass is 10.1. The van der Waals surface area contributed by atoms with E-state index >= 15 is 0 Å². The molecule has 9 nitrogen and oxygen atoms in total. The summed E-state index contributed by atoms with van der Waals surface area (Å²) in [5, 5.41) is 3.99. The molecule has 5 rings (SSSR count). The molecule has 3 aromatic heterocycles. The first-order chi connectivity index (χ1) is 18.3. The molecule has 1 saturated heterocycles. The van der Waals surface area contributed by atoms with E-state index in [1.54, 1.807) is 29.6 Å². The van der Waals surface area contributed by atoms with Crippen LogP contribution in [0.2, 0.25) is 0 Å². The van der Waals surface area contributed by atoms with E-state index in [2.05, 4.69) is 25.2 Å². The van der Waals surface area contributed by atoms with Gasteiger partial charge in [-0.25, -0.2) is 9.78 Å². The predicted octanol–water partition coefficient (Wildman–Crippen LogP) is 5.00. The number of hydrogen-bond acceptors (Lipinski definition) is 7. The lowest BCUT2D eigenvalue weighted by Crippen LogP contribution is -2.50. The standard InChI is InChI=1S/C29H30N6O3/c1-29(2,3)38-28(37)35-17-15-34(16-18-35)25-12-14-30-19-24(25)33-27(36)23-11-5-10-22(32-23)21-9-4-7-20-8-6-13-31-26(20)21/h4-14,19H,15-18H2,1-3H3,(H,33,36). The number of carbonyl (C=O) groups excluding carboxylic acids is 2. The second-order valence-electron chi connectivity index (χ2n) is 10.1. The van der Waals surface area contributed by atoms with Crippen LogP contribution in [0.3, 0.4) is 0 Å². The molecule has 4 aromatic rings. The Hall–Kier alpha value is -4.53. The van der Waals surface area contributed by atoms with Crippen LogP contribution in [0.25, 0.3) is 22.2 Å². The fourth-order valence-electron chi connectivity index (χ4n) is 4.42. The number of hydrogen-bond donors (Lipinski definition) is 1. The van der Waals surface area contributed by atoms with Gasteiger partial charge in [-0.3, -0.25) is 14.8 Å². The molecule has 1 aromatic carbocycles. The molecule has 0 aliphatic carbocycles. The highest BCUT2D eigenvalue weighted by Crippen LogP contribution is 2.28. The van der Waals surface area contributed by atoms with E-state index in [-0.39, 0.29) is 12.0 Å². The zero-order chi connectivity index (χ0) is 26.7. The number of amides is 2. The summed E-state index contributed by atoms with van der Waals surface area (Å²) in [6.07, 6.45) is 4.76. The molecular formula is C29H30N6O3. The highest BCUT2D eigenvalue weighted by molar-refractivity contribution is 6.05. The average molecular weight is 511 g/mol. The van der Waals surface area contributed by atoms with Gasteiger partial charge in [0.1, 0.15) is 11.3 Å². The molecular weight excluding hydrogens is 480 g/mol. The summed E-state index contributed by atoms with van der Waals surface area (Å²) in [4.78, 5) is 42.9. The monoisotopic (exact) mass is 510 g/mol. The number of rotatable bonds is 4. The molecule has 9 heteroatoms. The number of carbonyl (C=O) groups is 2. The third-order valence-corrected chi connectivity index (χ3v) is 6.21. The number of fused-ring (bicyclic) bond motifs is 1. The minimum atomic E-state index is -0.535. The largest absolute Gasteiger partial charge is 0.444 e. The van der Waals surface area contributed by atoms with Crippen molar-refractivity contribution in [3.05, 3.63) is 78.9 Å². The second kappa shape index (κ2) is 10.5. The summed E-state index contributed by atoms with van der Waals surface area (Å²) in [5.41, 5.74) is 3.55. The van der Waals surface area contributed by atoms with E-state index in [9.17, 15) is 9.59 Å². The van der Waals surface area contributed by atoms with Crippen LogP contribution in [0, 0.1) is 0 Å². The smallest absolute Gasteiger partial charge is 0.410 e. The Bertz CT molecular complexity index is 1470. The molecule has 1 aliphatic rings. The summed E-state index contributed by atoms with van der Waals surface area (Å²) in [7, 11) is 0. The number of pyridine rings is 3. The fraction of sp³-hybridized carbons (Fsp3) is 0.276. The van der Waals surface area contributed by atoms with Crippen LogP contribution in [0.1, 0.15) is 31.3 Å². The summed E-state index contributed by atoms with van der Waals surface area (Å²) < 4.78 is 5.50. The van der Waals surface area contributed by atoms with Crippen LogP contribution >= 0.6 is 0 Å². The van der Waals surface area contributed by atoms with Crippen molar-refractivity contribution in [2.75, 3.05) is 36.4 Å². The summed E-state index contributed by atoms with van der Waals surface area (Å²) in [6.45, 7) is 7.83. The number of para-hydroxylation sites is 1. The Morgan fingerprint density at radius 2 is 1.68 bits per heavy atom. The van der Waals surface area contributed by atoms with Crippen molar-refractivity contribution in [1.82, 2.24) is 19.9 Å². The molecule has 194 valence electrons. The Balaban J connectivity index is 1.31. The highest BCUT2D eigenvalue weighted by Gasteiger charge is 2.27. The number of nitrogens with zero attached hydrogens (tertiary/aromatic N) is 5. The predicted molar refractivity (Wildman–Crippen MR) is 147 cm³/mol. The summed E-state index contributed by atoms with van der Waals surface area (Å²) in [6, 6.07) is 17.1. The third kappa shape index (κ3) is 5.56.